The van der Waals surface area contributed by atoms with Gasteiger partial charge in [-0.1, -0.05) is 88.7 Å². The molecule has 1 aliphatic carbocycles. The van der Waals surface area contributed by atoms with Crippen molar-refractivity contribution in [3.05, 3.63) is 101 Å². The number of aryl methyl sites for hydroxylation is 1. The van der Waals surface area contributed by atoms with Crippen LogP contribution in [-0.4, -0.2) is 52.6 Å². The molecule has 0 spiro atoms. The molecule has 13 heteroatoms. The molecule has 0 radical (unpaired) electrons. The topological polar surface area (TPSA) is 189 Å². The molecule has 6 rings (SSSR count). The first-order valence-electron chi connectivity index (χ1n) is 15.8. The molecule has 0 bridgehead atoms. The zero-order chi connectivity index (χ0) is 35.5. The number of carbonyl (C=O) groups is 2. The Balaban J connectivity index is 0.00000151. The Labute approximate surface area is 285 Å². The second-order valence-electron chi connectivity index (χ2n) is 12.6. The first kappa shape index (κ1) is 34.9. The average molecular weight is 682 g/mol. The third-order valence-corrected chi connectivity index (χ3v) is 8.61. The van der Waals surface area contributed by atoms with Crippen LogP contribution in [0.3, 0.4) is 0 Å². The van der Waals surface area contributed by atoms with Gasteiger partial charge in [0, 0.05) is 35.6 Å². The summed E-state index contributed by atoms with van der Waals surface area (Å²) in [6.45, 7) is 10.5. The molecule has 254 valence electrons. The van der Waals surface area contributed by atoms with Crippen molar-refractivity contribution in [1.29, 1.82) is 0 Å². The SMILES string of the molecule is CCC.Cc1nc(NCC(C)(C)CNc2cc(S(=O)(=O)O)c(N)c3c2C(=O)c2ccccc2C3=O)nc(Nc2ccc3ccccc3c2)n1. The average Bonchev–Trinajstić information content (AvgIpc) is 3.05. The van der Waals surface area contributed by atoms with E-state index in [1.807, 2.05) is 56.3 Å². The minimum atomic E-state index is -4.82. The fourth-order valence-corrected chi connectivity index (χ4v) is 6.02. The van der Waals surface area contributed by atoms with Gasteiger partial charge in [-0.25, -0.2) is 0 Å². The smallest absolute Gasteiger partial charge is 0.296 e. The normalized spacial score (nSPS) is 12.4. The fourth-order valence-electron chi connectivity index (χ4n) is 5.37. The Hall–Kier alpha value is -5.40. The number of nitrogens with zero attached hydrogens (tertiary/aromatic N) is 3. The molecule has 6 N–H and O–H groups in total. The summed E-state index contributed by atoms with van der Waals surface area (Å²) < 4.78 is 34.4. The fraction of sp³-hybridized carbons (Fsp3) is 0.250. The number of nitrogens with two attached hydrogens (primary N) is 1. The number of ketones is 2. The lowest BCUT2D eigenvalue weighted by Gasteiger charge is -2.28. The second-order valence-corrected chi connectivity index (χ2v) is 13.9. The van der Waals surface area contributed by atoms with E-state index in [0.717, 1.165) is 22.5 Å². The summed E-state index contributed by atoms with van der Waals surface area (Å²) in [5.74, 6) is 0.141. The molecule has 0 aliphatic heterocycles. The highest BCUT2D eigenvalue weighted by molar-refractivity contribution is 7.86. The molecule has 0 atom stereocenters. The van der Waals surface area contributed by atoms with Gasteiger partial charge in [-0.15, -0.1) is 0 Å². The van der Waals surface area contributed by atoms with Gasteiger partial charge in [0.25, 0.3) is 10.1 Å². The molecule has 5 aromatic rings. The van der Waals surface area contributed by atoms with E-state index in [-0.39, 0.29) is 34.5 Å². The van der Waals surface area contributed by atoms with E-state index in [1.54, 1.807) is 19.1 Å². The molecule has 1 aliphatic rings. The number of nitrogens with one attached hydrogen (secondary N) is 3. The van der Waals surface area contributed by atoms with Crippen molar-refractivity contribution >= 4 is 61.4 Å². The van der Waals surface area contributed by atoms with Crippen molar-refractivity contribution in [3.63, 3.8) is 0 Å². The van der Waals surface area contributed by atoms with Crippen LogP contribution in [0.1, 0.15) is 71.8 Å². The standard InChI is InChI=1S/C33H31N7O5S.C3H8/c1-18-37-31(40-32(38-18)39-21-13-12-19-8-4-5-9-20(19)14-21)36-17-33(2,3)16-35-24-15-25(46(43,44)45)28(34)27-26(24)29(41)22-10-6-7-11-23(22)30(27)42;1-3-2/h4-15,35H,16-17,34H2,1-3H3,(H,43,44,45)(H2,36,37,38,39,40);3H2,1-2H3. The molecule has 0 saturated heterocycles. The van der Waals surface area contributed by atoms with E-state index in [1.165, 1.54) is 18.6 Å². The number of aromatic nitrogens is 3. The van der Waals surface area contributed by atoms with E-state index < -0.39 is 37.7 Å². The van der Waals surface area contributed by atoms with Crippen LogP contribution in [0.25, 0.3) is 10.8 Å². The van der Waals surface area contributed by atoms with Gasteiger partial charge in [0.05, 0.1) is 16.8 Å². The van der Waals surface area contributed by atoms with E-state index in [0.29, 0.717) is 24.3 Å². The number of hydrogen-bond acceptors (Lipinski definition) is 11. The quantitative estimate of drug-likeness (QED) is 0.0808. The van der Waals surface area contributed by atoms with E-state index in [9.17, 15) is 22.6 Å². The molecular weight excluding hydrogens is 643 g/mol. The molecule has 12 nitrogen and oxygen atoms in total. The molecule has 0 unspecified atom stereocenters. The monoisotopic (exact) mass is 681 g/mol. The van der Waals surface area contributed by atoms with Crippen LogP contribution in [0.2, 0.25) is 0 Å². The molecule has 0 saturated carbocycles. The van der Waals surface area contributed by atoms with Gasteiger partial charge in [0.2, 0.25) is 11.9 Å². The lowest BCUT2D eigenvalue weighted by molar-refractivity contribution is 0.0980. The van der Waals surface area contributed by atoms with Crippen LogP contribution in [0.4, 0.5) is 29.0 Å². The van der Waals surface area contributed by atoms with Crippen LogP contribution < -0.4 is 21.7 Å². The van der Waals surface area contributed by atoms with Gasteiger partial charge >= 0.3 is 0 Å². The molecule has 0 fully saturated rings. The molecular formula is C36H39N7O5S. The van der Waals surface area contributed by atoms with Crippen molar-refractivity contribution in [2.75, 3.05) is 34.8 Å². The van der Waals surface area contributed by atoms with Gasteiger partial charge in [0.15, 0.2) is 11.6 Å². The Bertz CT molecular complexity index is 2190. The number of fused-ring (bicyclic) bond motifs is 3. The highest BCUT2D eigenvalue weighted by Gasteiger charge is 2.36. The van der Waals surface area contributed by atoms with Crippen molar-refractivity contribution in [1.82, 2.24) is 15.0 Å². The summed E-state index contributed by atoms with van der Waals surface area (Å²) in [5.41, 5.74) is 5.95. The van der Waals surface area contributed by atoms with E-state index in [2.05, 4.69) is 44.7 Å². The lowest BCUT2D eigenvalue weighted by Crippen LogP contribution is -2.33. The Morgan fingerprint density at radius 2 is 1.35 bits per heavy atom. The Morgan fingerprint density at radius 3 is 2.00 bits per heavy atom. The Kier molecular flexibility index (Phi) is 9.97. The van der Waals surface area contributed by atoms with Crippen molar-refractivity contribution in [2.24, 2.45) is 5.41 Å². The van der Waals surface area contributed by atoms with Crippen molar-refractivity contribution in [2.45, 2.75) is 45.9 Å². The second kappa shape index (κ2) is 14.0. The number of carbonyl (C=O) groups excluding carboxylic acids is 2. The summed E-state index contributed by atoms with van der Waals surface area (Å²) in [5, 5.41) is 11.8. The summed E-state index contributed by atoms with van der Waals surface area (Å²) in [6, 6.07) is 21.3. The Morgan fingerprint density at radius 1 is 0.776 bits per heavy atom. The molecule has 4 aromatic carbocycles. The van der Waals surface area contributed by atoms with Crippen molar-refractivity contribution < 1.29 is 22.6 Å². The number of anilines is 5. The van der Waals surface area contributed by atoms with Crippen molar-refractivity contribution in [3.8, 4) is 0 Å². The predicted octanol–water partition coefficient (Wildman–Crippen LogP) is 6.65. The van der Waals surface area contributed by atoms with E-state index >= 15 is 0 Å². The summed E-state index contributed by atoms with van der Waals surface area (Å²) in [4.78, 5) is 39.7. The summed E-state index contributed by atoms with van der Waals surface area (Å²) in [6.07, 6.45) is 1.25. The minimum Gasteiger partial charge on any atom is -0.397 e. The number of rotatable bonds is 9. The highest BCUT2D eigenvalue weighted by Crippen LogP contribution is 2.39. The van der Waals surface area contributed by atoms with Crippen LogP contribution in [0.15, 0.2) is 77.7 Å². The first-order chi connectivity index (χ1) is 23.2. The number of benzene rings is 4. The molecule has 1 aromatic heterocycles. The first-order valence-corrected chi connectivity index (χ1v) is 17.2. The zero-order valence-corrected chi connectivity index (χ0v) is 28.8. The minimum absolute atomic E-state index is 0.0464. The third-order valence-electron chi connectivity index (χ3n) is 7.71. The molecule has 0 amide bonds. The van der Waals surface area contributed by atoms with Gasteiger partial charge in [-0.3, -0.25) is 14.1 Å². The van der Waals surface area contributed by atoms with Gasteiger partial charge in [-0.2, -0.15) is 23.4 Å². The van der Waals surface area contributed by atoms with Crippen LogP contribution >= 0.6 is 0 Å². The summed E-state index contributed by atoms with van der Waals surface area (Å²) in [7, 11) is -4.82. The maximum absolute atomic E-state index is 13.6. The van der Waals surface area contributed by atoms with Crippen LogP contribution in [-0.2, 0) is 10.1 Å². The predicted molar refractivity (Wildman–Crippen MR) is 192 cm³/mol. The lowest BCUT2D eigenvalue weighted by atomic mass is 9.82. The number of nitrogen functional groups attached to an aromatic ring is 1. The maximum Gasteiger partial charge on any atom is 0.296 e. The molecule has 1 heterocycles. The van der Waals surface area contributed by atoms with Crippen LogP contribution in [0.5, 0.6) is 0 Å². The van der Waals surface area contributed by atoms with Gasteiger partial charge in [0.1, 0.15) is 10.7 Å². The third kappa shape index (κ3) is 7.68. The van der Waals surface area contributed by atoms with E-state index in [4.69, 9.17) is 5.73 Å². The highest BCUT2D eigenvalue weighted by atomic mass is 32.2. The summed E-state index contributed by atoms with van der Waals surface area (Å²) >= 11 is 0. The largest absolute Gasteiger partial charge is 0.397 e. The van der Waals surface area contributed by atoms with Gasteiger partial charge < -0.3 is 21.7 Å². The van der Waals surface area contributed by atoms with Crippen LogP contribution in [0, 0.1) is 12.3 Å². The van der Waals surface area contributed by atoms with Gasteiger partial charge in [-0.05, 0) is 41.3 Å². The molecule has 49 heavy (non-hydrogen) atoms. The number of hydrogen-bond donors (Lipinski definition) is 5. The zero-order valence-electron chi connectivity index (χ0n) is 28.0. The maximum atomic E-state index is 13.6.